The number of methoxy groups -OCH3 is 1. The summed E-state index contributed by atoms with van der Waals surface area (Å²) in [5.41, 5.74) is 0.619. The second-order valence-corrected chi connectivity index (χ2v) is 9.71. The molecule has 2 heterocycles. The van der Waals surface area contributed by atoms with Crippen molar-refractivity contribution in [2.75, 3.05) is 25.5 Å². The lowest BCUT2D eigenvalue weighted by atomic mass is 10.2. The summed E-state index contributed by atoms with van der Waals surface area (Å²) in [7, 11) is -2.28. The van der Waals surface area contributed by atoms with Gasteiger partial charge in [-0.15, -0.1) is 0 Å². The zero-order valence-corrected chi connectivity index (χ0v) is 18.2. The largest absolute Gasteiger partial charge is 0.496 e. The monoisotopic (exact) mass is 437 g/mol. The van der Waals surface area contributed by atoms with Crippen molar-refractivity contribution in [2.24, 2.45) is 0 Å². The number of nitrogens with one attached hydrogen (secondary N) is 1. The molecule has 3 rings (SSSR count). The quantitative estimate of drug-likeness (QED) is 0.696. The van der Waals surface area contributed by atoms with Crippen LogP contribution in [0.4, 0.5) is 5.13 Å². The Labute approximate surface area is 173 Å². The fourth-order valence-corrected chi connectivity index (χ4v) is 5.62. The number of aryl methyl sites for hydroxylation is 1. The molecule has 10 heteroatoms. The van der Waals surface area contributed by atoms with Gasteiger partial charge in [-0.2, -0.15) is 4.31 Å². The molecule has 29 heavy (non-hydrogen) atoms. The molecule has 1 aromatic heterocycles. The average molecular weight is 438 g/mol. The molecule has 1 aliphatic heterocycles. The number of carbonyl (C=O) groups excluding carboxylic acids is 2. The highest BCUT2D eigenvalue weighted by Crippen LogP contribution is 2.28. The number of Topliss-reactive ketones (excluding diaryl/α,β-unsaturated/α-hetero) is 1. The molecule has 1 aromatic carbocycles. The number of piperidine rings is 1. The Morgan fingerprint density at radius 2 is 1.90 bits per heavy atom. The van der Waals surface area contributed by atoms with Crippen LogP contribution in [0.15, 0.2) is 23.1 Å². The van der Waals surface area contributed by atoms with Gasteiger partial charge in [0.15, 0.2) is 10.9 Å². The average Bonchev–Trinajstić information content (AvgIpc) is 3.08. The van der Waals surface area contributed by atoms with Crippen LogP contribution in [0.1, 0.15) is 51.9 Å². The molecule has 1 N–H and O–H groups in total. The van der Waals surface area contributed by atoms with E-state index in [9.17, 15) is 18.0 Å². The van der Waals surface area contributed by atoms with Crippen molar-refractivity contribution < 1.29 is 22.7 Å². The highest BCUT2D eigenvalue weighted by atomic mass is 32.2. The minimum absolute atomic E-state index is 0.0464. The molecule has 0 saturated carbocycles. The third-order valence-electron chi connectivity index (χ3n) is 4.71. The zero-order valence-electron chi connectivity index (χ0n) is 16.5. The third kappa shape index (κ3) is 4.49. The summed E-state index contributed by atoms with van der Waals surface area (Å²) in [6.07, 6.45) is 2.66. The number of aromatic nitrogens is 1. The minimum Gasteiger partial charge on any atom is -0.496 e. The molecule has 2 aromatic rings. The second-order valence-electron chi connectivity index (χ2n) is 6.77. The number of carbonyl (C=O) groups is 2. The topological polar surface area (TPSA) is 106 Å². The fraction of sp³-hybridized carbons (Fsp3) is 0.421. The smallest absolute Gasteiger partial charge is 0.261 e. The van der Waals surface area contributed by atoms with Gasteiger partial charge in [0.1, 0.15) is 5.75 Å². The zero-order chi connectivity index (χ0) is 21.2. The lowest BCUT2D eigenvalue weighted by Gasteiger charge is -2.26. The number of ether oxygens (including phenoxy) is 1. The van der Waals surface area contributed by atoms with Crippen molar-refractivity contribution in [3.05, 3.63) is 34.3 Å². The van der Waals surface area contributed by atoms with E-state index in [-0.39, 0.29) is 27.1 Å². The Bertz CT molecular complexity index is 1040. The summed E-state index contributed by atoms with van der Waals surface area (Å²) in [6.45, 7) is 4.07. The molecule has 1 amide bonds. The number of benzene rings is 1. The molecular formula is C19H23N3O5S2. The van der Waals surface area contributed by atoms with Crippen LogP contribution in [0.5, 0.6) is 5.75 Å². The number of rotatable bonds is 6. The highest BCUT2D eigenvalue weighted by molar-refractivity contribution is 7.89. The number of amides is 1. The van der Waals surface area contributed by atoms with Crippen molar-refractivity contribution in [3.63, 3.8) is 0 Å². The van der Waals surface area contributed by atoms with E-state index in [1.165, 1.54) is 36.5 Å². The summed E-state index contributed by atoms with van der Waals surface area (Å²) < 4.78 is 32.6. The van der Waals surface area contributed by atoms with Gasteiger partial charge in [0.2, 0.25) is 10.0 Å². The molecule has 0 atom stereocenters. The Morgan fingerprint density at radius 3 is 2.48 bits per heavy atom. The first-order valence-electron chi connectivity index (χ1n) is 9.22. The molecule has 0 unspecified atom stereocenters. The van der Waals surface area contributed by atoms with E-state index >= 15 is 0 Å². The number of nitrogens with zero attached hydrogens (tertiary/aromatic N) is 2. The van der Waals surface area contributed by atoms with E-state index in [0.29, 0.717) is 23.7 Å². The molecule has 156 valence electrons. The van der Waals surface area contributed by atoms with E-state index in [4.69, 9.17) is 4.74 Å². The number of ketones is 1. The summed E-state index contributed by atoms with van der Waals surface area (Å²) in [5, 5.41) is 2.90. The van der Waals surface area contributed by atoms with E-state index < -0.39 is 15.9 Å². The van der Waals surface area contributed by atoms with Gasteiger partial charge in [0.25, 0.3) is 5.91 Å². The molecule has 1 saturated heterocycles. The van der Waals surface area contributed by atoms with Crippen LogP contribution in [0.3, 0.4) is 0 Å². The maximum Gasteiger partial charge on any atom is 0.261 e. The van der Waals surface area contributed by atoms with Crippen LogP contribution in [0.25, 0.3) is 0 Å². The van der Waals surface area contributed by atoms with Gasteiger partial charge >= 0.3 is 0 Å². The molecule has 1 aliphatic rings. The molecule has 1 fully saturated rings. The van der Waals surface area contributed by atoms with E-state index in [0.717, 1.165) is 30.6 Å². The first kappa shape index (κ1) is 21.4. The Balaban J connectivity index is 1.91. The summed E-state index contributed by atoms with van der Waals surface area (Å²) in [5.74, 6) is -0.436. The van der Waals surface area contributed by atoms with Gasteiger partial charge in [-0.1, -0.05) is 17.8 Å². The van der Waals surface area contributed by atoms with Crippen LogP contribution in [0.2, 0.25) is 0 Å². The summed E-state index contributed by atoms with van der Waals surface area (Å²) in [6, 6.07) is 4.24. The first-order chi connectivity index (χ1) is 13.7. The van der Waals surface area contributed by atoms with Crippen molar-refractivity contribution in [3.8, 4) is 5.75 Å². The van der Waals surface area contributed by atoms with E-state index in [1.54, 1.807) is 6.92 Å². The fourth-order valence-electron chi connectivity index (χ4n) is 3.22. The van der Waals surface area contributed by atoms with Crippen LogP contribution in [0, 0.1) is 6.92 Å². The van der Waals surface area contributed by atoms with Crippen molar-refractivity contribution >= 4 is 38.2 Å². The molecular weight excluding hydrogens is 414 g/mol. The number of sulfonamides is 1. The third-order valence-corrected chi connectivity index (χ3v) is 7.77. The van der Waals surface area contributed by atoms with Crippen molar-refractivity contribution in [1.29, 1.82) is 0 Å². The normalized spacial score (nSPS) is 15.1. The highest BCUT2D eigenvalue weighted by Gasteiger charge is 2.28. The van der Waals surface area contributed by atoms with Gasteiger partial charge in [-0.25, -0.2) is 13.4 Å². The Morgan fingerprint density at radius 1 is 1.21 bits per heavy atom. The van der Waals surface area contributed by atoms with E-state index in [1.807, 2.05) is 0 Å². The Kier molecular flexibility index (Phi) is 6.35. The predicted octanol–water partition coefficient (Wildman–Crippen LogP) is 3.09. The van der Waals surface area contributed by atoms with Crippen LogP contribution >= 0.6 is 11.3 Å². The predicted molar refractivity (Wildman–Crippen MR) is 110 cm³/mol. The summed E-state index contributed by atoms with van der Waals surface area (Å²) in [4.78, 5) is 29.1. The number of hydrogen-bond acceptors (Lipinski definition) is 7. The molecule has 0 radical (unpaired) electrons. The van der Waals surface area contributed by atoms with Crippen LogP contribution < -0.4 is 10.1 Å². The van der Waals surface area contributed by atoms with E-state index in [2.05, 4.69) is 10.3 Å². The SMILES string of the molecule is COc1ccc(S(=O)(=O)N2CCCCC2)cc1C(=O)Nc1nc(C)c(C(C)=O)s1. The lowest BCUT2D eigenvalue weighted by molar-refractivity contribution is 0.101. The second kappa shape index (κ2) is 8.60. The Hall–Kier alpha value is -2.30. The summed E-state index contributed by atoms with van der Waals surface area (Å²) >= 11 is 1.08. The van der Waals surface area contributed by atoms with Gasteiger partial charge in [0.05, 0.1) is 28.1 Å². The van der Waals surface area contributed by atoms with Crippen molar-refractivity contribution in [1.82, 2.24) is 9.29 Å². The maximum absolute atomic E-state index is 12.9. The van der Waals surface area contributed by atoms with Gasteiger partial charge < -0.3 is 4.74 Å². The maximum atomic E-state index is 12.9. The standard InChI is InChI=1S/C19H23N3O5S2/c1-12-17(13(2)23)28-19(20-12)21-18(24)15-11-14(7-8-16(15)27-3)29(25,26)22-9-5-4-6-10-22/h7-8,11H,4-6,9-10H2,1-3H3,(H,20,21,24). The first-order valence-corrected chi connectivity index (χ1v) is 11.5. The van der Waals surface area contributed by atoms with Crippen LogP contribution in [-0.2, 0) is 10.0 Å². The van der Waals surface area contributed by atoms with Gasteiger partial charge in [-0.05, 0) is 38.0 Å². The number of hydrogen-bond donors (Lipinski definition) is 1. The van der Waals surface area contributed by atoms with Crippen molar-refractivity contribution in [2.45, 2.75) is 38.0 Å². The molecule has 0 aliphatic carbocycles. The lowest BCUT2D eigenvalue weighted by Crippen LogP contribution is -2.35. The minimum atomic E-state index is -3.69. The number of anilines is 1. The van der Waals surface area contributed by atoms with Gasteiger partial charge in [-0.3, -0.25) is 14.9 Å². The molecule has 8 nitrogen and oxygen atoms in total. The number of thiazole rings is 1. The molecule has 0 spiro atoms. The molecule has 0 bridgehead atoms. The van der Waals surface area contributed by atoms with Gasteiger partial charge in [0, 0.05) is 20.0 Å². The van der Waals surface area contributed by atoms with Crippen LogP contribution in [-0.4, -0.2) is 49.6 Å².